The van der Waals surface area contributed by atoms with Crippen molar-refractivity contribution < 1.29 is 14.6 Å². The summed E-state index contributed by atoms with van der Waals surface area (Å²) in [7, 11) is 1.48. The number of ether oxygens (including phenoxy) is 1. The van der Waals surface area contributed by atoms with Crippen LogP contribution in [0.2, 0.25) is 0 Å². The molecule has 0 atom stereocenters. The predicted octanol–water partition coefficient (Wildman–Crippen LogP) is 2.29. The Kier molecular flexibility index (Phi) is 4.39. The van der Waals surface area contributed by atoms with Crippen LogP contribution in [0.1, 0.15) is 15.9 Å². The second-order valence-corrected chi connectivity index (χ2v) is 4.69. The van der Waals surface area contributed by atoms with E-state index in [4.69, 9.17) is 22.7 Å². The van der Waals surface area contributed by atoms with E-state index in [0.29, 0.717) is 17.0 Å². The number of nitrogens with two attached hydrogens (primary N) is 1. The molecule has 0 heterocycles. The first-order chi connectivity index (χ1) is 10.0. The zero-order chi connectivity index (χ0) is 15.4. The Balaban J connectivity index is 2.29. The summed E-state index contributed by atoms with van der Waals surface area (Å²) in [6, 6.07) is 11.3. The standard InChI is InChI=1S/C15H14N2O3S/c1-20-13-8-9(14(16)21)6-7-11(13)17-15(19)10-4-2-3-5-12(10)18/h2-8,18H,1H3,(H2,16,21)(H,17,19). The minimum Gasteiger partial charge on any atom is -0.507 e. The van der Waals surface area contributed by atoms with Crippen molar-refractivity contribution in [3.8, 4) is 11.5 Å². The fourth-order valence-corrected chi connectivity index (χ4v) is 1.93. The molecule has 2 aromatic carbocycles. The third-order valence-corrected chi connectivity index (χ3v) is 3.12. The van der Waals surface area contributed by atoms with Gasteiger partial charge in [0.15, 0.2) is 0 Å². The van der Waals surface area contributed by atoms with Gasteiger partial charge in [-0.1, -0.05) is 24.4 Å². The maximum atomic E-state index is 12.1. The molecule has 0 aliphatic heterocycles. The number of para-hydroxylation sites is 1. The topological polar surface area (TPSA) is 84.6 Å². The van der Waals surface area contributed by atoms with Gasteiger partial charge in [0.2, 0.25) is 0 Å². The average molecular weight is 302 g/mol. The molecule has 0 aliphatic carbocycles. The highest BCUT2D eigenvalue weighted by molar-refractivity contribution is 7.80. The second-order valence-electron chi connectivity index (χ2n) is 4.25. The number of benzene rings is 2. The number of thiocarbonyl (C=S) groups is 1. The van der Waals surface area contributed by atoms with Crippen LogP contribution >= 0.6 is 12.2 Å². The molecule has 21 heavy (non-hydrogen) atoms. The Morgan fingerprint density at radius 3 is 2.62 bits per heavy atom. The number of hydrogen-bond donors (Lipinski definition) is 3. The van der Waals surface area contributed by atoms with Crippen LogP contribution in [0.4, 0.5) is 5.69 Å². The van der Waals surface area contributed by atoms with E-state index in [9.17, 15) is 9.90 Å². The van der Waals surface area contributed by atoms with Gasteiger partial charge in [-0.15, -0.1) is 0 Å². The molecular weight excluding hydrogens is 288 g/mol. The van der Waals surface area contributed by atoms with E-state index >= 15 is 0 Å². The molecule has 0 saturated heterocycles. The molecule has 0 aliphatic rings. The highest BCUT2D eigenvalue weighted by Gasteiger charge is 2.13. The largest absolute Gasteiger partial charge is 0.507 e. The molecule has 0 bridgehead atoms. The van der Waals surface area contributed by atoms with E-state index < -0.39 is 5.91 Å². The first-order valence-corrected chi connectivity index (χ1v) is 6.51. The van der Waals surface area contributed by atoms with Crippen molar-refractivity contribution >= 4 is 28.8 Å². The molecule has 0 spiro atoms. The Bertz CT molecular complexity index is 701. The Morgan fingerprint density at radius 2 is 2.00 bits per heavy atom. The highest BCUT2D eigenvalue weighted by atomic mass is 32.1. The van der Waals surface area contributed by atoms with E-state index in [2.05, 4.69) is 5.32 Å². The van der Waals surface area contributed by atoms with E-state index in [-0.39, 0.29) is 16.3 Å². The quantitative estimate of drug-likeness (QED) is 0.755. The first-order valence-electron chi connectivity index (χ1n) is 6.10. The molecule has 1 amide bonds. The number of phenols is 1. The van der Waals surface area contributed by atoms with E-state index in [0.717, 1.165) is 0 Å². The monoisotopic (exact) mass is 302 g/mol. The van der Waals surface area contributed by atoms with Gasteiger partial charge in [0, 0.05) is 5.56 Å². The third-order valence-electron chi connectivity index (χ3n) is 2.88. The van der Waals surface area contributed by atoms with Crippen molar-refractivity contribution in [2.45, 2.75) is 0 Å². The molecule has 0 fully saturated rings. The molecule has 2 rings (SSSR count). The molecule has 0 unspecified atom stereocenters. The van der Waals surface area contributed by atoms with Crippen LogP contribution in [0, 0.1) is 0 Å². The molecule has 0 saturated carbocycles. The third kappa shape index (κ3) is 3.29. The summed E-state index contributed by atoms with van der Waals surface area (Å²) in [4.78, 5) is 12.4. The van der Waals surface area contributed by atoms with Gasteiger partial charge in [0.25, 0.3) is 5.91 Å². The smallest absolute Gasteiger partial charge is 0.259 e. The number of phenolic OH excluding ortho intramolecular Hbond substituents is 1. The van der Waals surface area contributed by atoms with Gasteiger partial charge in [-0.25, -0.2) is 0 Å². The van der Waals surface area contributed by atoms with Crippen LogP contribution < -0.4 is 15.8 Å². The van der Waals surface area contributed by atoms with Crippen LogP contribution in [0.3, 0.4) is 0 Å². The fraction of sp³-hybridized carbons (Fsp3) is 0.0667. The Hall–Kier alpha value is -2.60. The number of amides is 1. The fourth-order valence-electron chi connectivity index (χ4n) is 1.80. The summed E-state index contributed by atoms with van der Waals surface area (Å²) in [6.45, 7) is 0. The number of aromatic hydroxyl groups is 1. The Labute approximate surface area is 127 Å². The van der Waals surface area contributed by atoms with Gasteiger partial charge in [-0.3, -0.25) is 4.79 Å². The van der Waals surface area contributed by atoms with Crippen LogP contribution in [-0.2, 0) is 0 Å². The number of rotatable bonds is 4. The summed E-state index contributed by atoms with van der Waals surface area (Å²) in [6.07, 6.45) is 0. The molecule has 6 heteroatoms. The minimum atomic E-state index is -0.436. The van der Waals surface area contributed by atoms with Gasteiger partial charge >= 0.3 is 0 Å². The summed E-state index contributed by atoms with van der Waals surface area (Å²) in [5.74, 6) is -0.0905. The lowest BCUT2D eigenvalue weighted by Crippen LogP contribution is -2.14. The molecule has 0 radical (unpaired) electrons. The van der Waals surface area contributed by atoms with Crippen molar-refractivity contribution in [1.82, 2.24) is 0 Å². The zero-order valence-electron chi connectivity index (χ0n) is 11.3. The minimum absolute atomic E-state index is 0.0891. The van der Waals surface area contributed by atoms with Crippen molar-refractivity contribution in [3.05, 3.63) is 53.6 Å². The van der Waals surface area contributed by atoms with Crippen LogP contribution in [0.25, 0.3) is 0 Å². The van der Waals surface area contributed by atoms with Crippen molar-refractivity contribution in [2.75, 3.05) is 12.4 Å². The number of methoxy groups -OCH3 is 1. The molecule has 0 aromatic heterocycles. The number of nitrogens with one attached hydrogen (secondary N) is 1. The normalized spacial score (nSPS) is 9.95. The van der Waals surface area contributed by atoms with Crippen molar-refractivity contribution in [3.63, 3.8) is 0 Å². The SMILES string of the molecule is COc1cc(C(N)=S)ccc1NC(=O)c1ccccc1O. The van der Waals surface area contributed by atoms with Crippen molar-refractivity contribution in [2.24, 2.45) is 5.73 Å². The van der Waals surface area contributed by atoms with Gasteiger partial charge in [0.1, 0.15) is 16.5 Å². The summed E-state index contributed by atoms with van der Waals surface area (Å²) >= 11 is 4.90. The summed E-state index contributed by atoms with van der Waals surface area (Å²) < 4.78 is 5.21. The molecule has 4 N–H and O–H groups in total. The number of anilines is 1. The van der Waals surface area contributed by atoms with Crippen LogP contribution in [-0.4, -0.2) is 23.1 Å². The number of carbonyl (C=O) groups is 1. The second kappa shape index (κ2) is 6.23. The van der Waals surface area contributed by atoms with Gasteiger partial charge in [-0.2, -0.15) is 0 Å². The maximum absolute atomic E-state index is 12.1. The Morgan fingerprint density at radius 1 is 1.29 bits per heavy atom. The lowest BCUT2D eigenvalue weighted by atomic mass is 10.1. The van der Waals surface area contributed by atoms with E-state index in [1.54, 1.807) is 30.3 Å². The number of hydrogen-bond acceptors (Lipinski definition) is 4. The molecule has 2 aromatic rings. The molecular formula is C15H14N2O3S. The van der Waals surface area contributed by atoms with E-state index in [1.165, 1.54) is 19.2 Å². The van der Waals surface area contributed by atoms with Crippen molar-refractivity contribution in [1.29, 1.82) is 0 Å². The lowest BCUT2D eigenvalue weighted by molar-refractivity contribution is 0.102. The summed E-state index contributed by atoms with van der Waals surface area (Å²) in [5.41, 5.74) is 6.84. The van der Waals surface area contributed by atoms with Crippen LogP contribution in [0.5, 0.6) is 11.5 Å². The predicted molar refractivity (Wildman–Crippen MR) is 84.9 cm³/mol. The zero-order valence-corrected chi connectivity index (χ0v) is 12.1. The number of carbonyl (C=O) groups excluding carboxylic acids is 1. The van der Waals surface area contributed by atoms with Gasteiger partial charge in [0.05, 0.1) is 18.4 Å². The van der Waals surface area contributed by atoms with Gasteiger partial charge < -0.3 is 20.9 Å². The first kappa shape index (κ1) is 14.8. The van der Waals surface area contributed by atoms with E-state index in [1.807, 2.05) is 0 Å². The molecule has 108 valence electrons. The average Bonchev–Trinajstić information content (AvgIpc) is 2.47. The molecule has 5 nitrogen and oxygen atoms in total. The summed E-state index contributed by atoms with van der Waals surface area (Å²) in [5, 5.41) is 12.4. The van der Waals surface area contributed by atoms with Crippen LogP contribution in [0.15, 0.2) is 42.5 Å². The lowest BCUT2D eigenvalue weighted by Gasteiger charge is -2.12. The maximum Gasteiger partial charge on any atom is 0.259 e. The highest BCUT2D eigenvalue weighted by Crippen LogP contribution is 2.27. The van der Waals surface area contributed by atoms with Gasteiger partial charge in [-0.05, 0) is 30.3 Å².